The molecule has 0 heterocycles. The quantitative estimate of drug-likeness (QED) is 0.121. The van der Waals surface area contributed by atoms with Gasteiger partial charge in [-0.2, -0.15) is 0 Å². The molecular weight excluding hydrogens is 580 g/mol. The maximum Gasteiger partial charge on any atom is 0.342 e. The predicted octanol–water partition coefficient (Wildman–Crippen LogP) is 5.84. The number of esters is 2. The van der Waals surface area contributed by atoms with Gasteiger partial charge in [-0.15, -0.1) is 0 Å². The molecule has 4 aromatic carbocycles. The van der Waals surface area contributed by atoms with Crippen LogP contribution in [-0.2, 0) is 14.3 Å². The van der Waals surface area contributed by atoms with E-state index in [9.17, 15) is 33.1 Å². The van der Waals surface area contributed by atoms with Gasteiger partial charge in [0.2, 0.25) is 5.91 Å². The largest absolute Gasteiger partial charge is 0.507 e. The molecule has 44 heavy (non-hydrogen) atoms. The number of ether oxygens (including phenoxy) is 3. The number of amides is 1. The van der Waals surface area contributed by atoms with Crippen molar-refractivity contribution in [2.75, 3.05) is 18.5 Å². The molecule has 0 fully saturated rings. The van der Waals surface area contributed by atoms with Crippen molar-refractivity contribution in [2.24, 2.45) is 0 Å². The van der Waals surface area contributed by atoms with Crippen LogP contribution in [0.15, 0.2) is 84.9 Å². The number of aromatic hydroxyl groups is 1. The molecule has 0 saturated carbocycles. The summed E-state index contributed by atoms with van der Waals surface area (Å²) >= 11 is 0. The minimum Gasteiger partial charge on any atom is -0.507 e. The second kappa shape index (κ2) is 15.4. The first-order chi connectivity index (χ1) is 20.9. The van der Waals surface area contributed by atoms with E-state index >= 15 is 0 Å². The molecule has 0 radical (unpaired) electrons. The van der Waals surface area contributed by atoms with Gasteiger partial charge < -0.3 is 29.7 Å². The van der Waals surface area contributed by atoms with E-state index in [4.69, 9.17) is 19.3 Å². The number of benzene rings is 4. The Morgan fingerprint density at radius 2 is 1.52 bits per heavy atom. The van der Waals surface area contributed by atoms with Crippen LogP contribution in [0.1, 0.15) is 34.6 Å². The lowest BCUT2D eigenvalue weighted by Crippen LogP contribution is -2.14. The number of halogens is 2. The number of phenols is 1. The Balaban J connectivity index is 0.000000257. The van der Waals surface area contributed by atoms with Crippen LogP contribution in [-0.4, -0.2) is 47.2 Å². The molecule has 3 N–H and O–H groups in total. The number of hydrogen-bond acceptors (Lipinski definition) is 8. The van der Waals surface area contributed by atoms with Crippen LogP contribution in [0, 0.1) is 11.6 Å². The zero-order valence-corrected chi connectivity index (χ0v) is 23.5. The summed E-state index contributed by atoms with van der Waals surface area (Å²) in [5.41, 5.74) is 0.818. The number of rotatable bonds is 9. The maximum absolute atomic E-state index is 13.5. The highest BCUT2D eigenvalue weighted by atomic mass is 19.1. The molecule has 0 saturated heterocycles. The number of carbonyl (C=O) groups is 4. The molecule has 0 aliphatic heterocycles. The molecule has 12 heteroatoms. The fourth-order valence-corrected chi connectivity index (χ4v) is 3.69. The van der Waals surface area contributed by atoms with Crippen molar-refractivity contribution in [3.8, 4) is 28.4 Å². The predicted molar refractivity (Wildman–Crippen MR) is 155 cm³/mol. The van der Waals surface area contributed by atoms with E-state index in [1.807, 2.05) is 0 Å². The van der Waals surface area contributed by atoms with E-state index in [0.717, 1.165) is 18.2 Å². The van der Waals surface area contributed by atoms with Gasteiger partial charge in [-0.05, 0) is 66.2 Å². The van der Waals surface area contributed by atoms with E-state index in [-0.39, 0.29) is 47.1 Å². The monoisotopic (exact) mass is 607 g/mol. The smallest absolute Gasteiger partial charge is 0.342 e. The molecule has 10 nitrogen and oxygen atoms in total. The highest BCUT2D eigenvalue weighted by Gasteiger charge is 2.15. The first kappa shape index (κ1) is 32.7. The molecule has 0 unspecified atom stereocenters. The molecule has 0 atom stereocenters. The third-order valence-electron chi connectivity index (χ3n) is 5.59. The zero-order chi connectivity index (χ0) is 32.2. The molecule has 0 aliphatic rings. The lowest BCUT2D eigenvalue weighted by atomic mass is 10.0. The average molecular weight is 608 g/mol. The molecule has 1 amide bonds. The highest BCUT2D eigenvalue weighted by molar-refractivity contribution is 5.93. The van der Waals surface area contributed by atoms with Crippen molar-refractivity contribution < 1.29 is 52.4 Å². The standard InChI is InChI=1S/C19H19NO6.C13H8F2O3/c1-13(21)20-15-7-9-16(10-8-15)24-11-12-25-19(23)17-5-3-4-6-18(17)26-14(2)22;14-8-2-3-9(11(15)6-8)7-1-4-12(16)10(5-7)13(17)18/h3-10H,11-12H2,1-2H3,(H,20,21);1-6,16H,(H,17,18). The summed E-state index contributed by atoms with van der Waals surface area (Å²) in [6, 6.07) is 19.8. The first-order valence-corrected chi connectivity index (χ1v) is 12.9. The van der Waals surface area contributed by atoms with Gasteiger partial charge in [0.05, 0.1) is 0 Å². The van der Waals surface area contributed by atoms with Gasteiger partial charge >= 0.3 is 17.9 Å². The third-order valence-corrected chi connectivity index (χ3v) is 5.59. The lowest BCUT2D eigenvalue weighted by Gasteiger charge is -2.10. The van der Waals surface area contributed by atoms with Gasteiger partial charge in [-0.3, -0.25) is 9.59 Å². The number of carbonyl (C=O) groups excluding carboxylic acids is 3. The molecular formula is C32H27F2NO9. The van der Waals surface area contributed by atoms with Crippen LogP contribution in [0.3, 0.4) is 0 Å². The second-order valence-electron chi connectivity index (χ2n) is 8.94. The van der Waals surface area contributed by atoms with Gasteiger partial charge in [-0.25, -0.2) is 18.4 Å². The number of nitrogens with one attached hydrogen (secondary N) is 1. The summed E-state index contributed by atoms with van der Waals surface area (Å²) in [7, 11) is 0. The van der Waals surface area contributed by atoms with Crippen LogP contribution >= 0.6 is 0 Å². The summed E-state index contributed by atoms with van der Waals surface area (Å²) in [6.07, 6.45) is 0. The Bertz CT molecular complexity index is 1660. The number of anilines is 1. The van der Waals surface area contributed by atoms with Crippen molar-refractivity contribution in [3.63, 3.8) is 0 Å². The van der Waals surface area contributed by atoms with E-state index in [0.29, 0.717) is 17.5 Å². The minimum atomic E-state index is -1.32. The van der Waals surface area contributed by atoms with E-state index < -0.39 is 35.3 Å². The summed E-state index contributed by atoms with van der Waals surface area (Å²) in [4.78, 5) is 45.0. The van der Waals surface area contributed by atoms with Crippen LogP contribution in [0.25, 0.3) is 11.1 Å². The number of carboxylic acids is 1. The number of carboxylic acid groups (broad SMARTS) is 1. The van der Waals surface area contributed by atoms with Crippen molar-refractivity contribution in [3.05, 3.63) is 108 Å². The average Bonchev–Trinajstić information content (AvgIpc) is 2.96. The van der Waals surface area contributed by atoms with Crippen molar-refractivity contribution in [1.29, 1.82) is 0 Å². The fourth-order valence-electron chi connectivity index (χ4n) is 3.69. The summed E-state index contributed by atoms with van der Waals surface area (Å²) < 4.78 is 41.9. The number of aromatic carboxylic acids is 1. The molecule has 228 valence electrons. The van der Waals surface area contributed by atoms with Gasteiger partial charge in [0, 0.05) is 31.2 Å². The Labute approximate surface area is 250 Å². The Morgan fingerprint density at radius 3 is 2.16 bits per heavy atom. The topological polar surface area (TPSA) is 148 Å². The molecule has 0 aromatic heterocycles. The molecule has 0 spiro atoms. The third kappa shape index (κ3) is 9.65. The van der Waals surface area contributed by atoms with Crippen LogP contribution < -0.4 is 14.8 Å². The minimum absolute atomic E-state index is 0.0285. The normalized spacial score (nSPS) is 10.1. The first-order valence-electron chi connectivity index (χ1n) is 12.9. The highest BCUT2D eigenvalue weighted by Crippen LogP contribution is 2.28. The van der Waals surface area contributed by atoms with Crippen molar-refractivity contribution in [1.82, 2.24) is 0 Å². The Kier molecular flexibility index (Phi) is 11.5. The second-order valence-corrected chi connectivity index (χ2v) is 8.94. The van der Waals surface area contributed by atoms with Gasteiger partial charge in [-0.1, -0.05) is 18.2 Å². The maximum atomic E-state index is 13.5. The van der Waals surface area contributed by atoms with Gasteiger partial charge in [0.1, 0.15) is 53.2 Å². The summed E-state index contributed by atoms with van der Waals surface area (Å²) in [5, 5.41) is 20.8. The van der Waals surface area contributed by atoms with Crippen molar-refractivity contribution in [2.45, 2.75) is 13.8 Å². The summed E-state index contributed by atoms with van der Waals surface area (Å²) in [6.45, 7) is 2.87. The fraction of sp³-hybridized carbons (Fsp3) is 0.125. The molecule has 4 aromatic rings. The Morgan fingerprint density at radius 1 is 0.818 bits per heavy atom. The van der Waals surface area contributed by atoms with E-state index in [1.165, 1.54) is 38.1 Å². The zero-order valence-electron chi connectivity index (χ0n) is 23.5. The van der Waals surface area contributed by atoms with Gasteiger partial charge in [0.25, 0.3) is 0 Å². The Hall–Kier alpha value is -5.78. The number of hydrogen-bond donors (Lipinski definition) is 3. The SMILES string of the molecule is CC(=O)Nc1ccc(OCCOC(=O)c2ccccc2OC(C)=O)cc1.O=C(O)c1cc(-c2ccc(F)cc2F)ccc1O. The van der Waals surface area contributed by atoms with Crippen LogP contribution in [0.2, 0.25) is 0 Å². The number of para-hydroxylation sites is 1. The lowest BCUT2D eigenvalue weighted by molar-refractivity contribution is -0.131. The van der Waals surface area contributed by atoms with Crippen LogP contribution in [0.5, 0.6) is 17.2 Å². The van der Waals surface area contributed by atoms with E-state index in [2.05, 4.69) is 5.32 Å². The van der Waals surface area contributed by atoms with Gasteiger partial charge in [0.15, 0.2) is 0 Å². The molecule has 4 rings (SSSR count). The molecule has 0 bridgehead atoms. The molecule has 0 aliphatic carbocycles. The van der Waals surface area contributed by atoms with Crippen molar-refractivity contribution >= 4 is 29.5 Å². The van der Waals surface area contributed by atoms with E-state index in [1.54, 1.807) is 36.4 Å². The van der Waals surface area contributed by atoms with Crippen LogP contribution in [0.4, 0.5) is 14.5 Å². The summed E-state index contributed by atoms with van der Waals surface area (Å²) in [5.74, 6) is -3.78.